The standard InChI is InChI=1S/C23H36O11/c1-2-12(33-23-20(30)18(28)19(29)21(34-23)22(31)32)9-10-14-13(15(24)11-16(14)25)7-5-3-4-6-8-17(26)27/h9-10,12-14,16,18-21,23,25,28-30H,2-8,11H2,1H3,(H,26,27)(H,31,32)/b10-9+/t12?,13?,14?,16?,18-,19-,20+,21-,23?/m0/s1. The summed E-state index contributed by atoms with van der Waals surface area (Å²) in [5, 5.41) is 58.1. The minimum absolute atomic E-state index is 0.0332. The molecule has 0 aromatic rings. The van der Waals surface area contributed by atoms with Crippen LogP contribution in [0.4, 0.5) is 0 Å². The fraction of sp³-hybridized carbons (Fsp3) is 0.783. The van der Waals surface area contributed by atoms with Gasteiger partial charge in [-0.3, -0.25) is 9.59 Å². The van der Waals surface area contributed by atoms with Gasteiger partial charge in [0, 0.05) is 24.7 Å². The monoisotopic (exact) mass is 488 g/mol. The maximum atomic E-state index is 12.4. The van der Waals surface area contributed by atoms with Crippen LogP contribution >= 0.6 is 0 Å². The number of aliphatic hydroxyl groups is 4. The van der Waals surface area contributed by atoms with Crippen LogP contribution in [-0.4, -0.2) is 91.3 Å². The zero-order chi connectivity index (χ0) is 25.4. The zero-order valence-electron chi connectivity index (χ0n) is 19.2. The lowest BCUT2D eigenvalue weighted by atomic mass is 9.88. The van der Waals surface area contributed by atoms with Crippen molar-refractivity contribution >= 4 is 17.7 Å². The Hall–Kier alpha value is -1.89. The summed E-state index contributed by atoms with van der Waals surface area (Å²) in [7, 11) is 0. The van der Waals surface area contributed by atoms with E-state index in [-0.39, 0.29) is 24.5 Å². The van der Waals surface area contributed by atoms with Crippen LogP contribution in [0.3, 0.4) is 0 Å². The summed E-state index contributed by atoms with van der Waals surface area (Å²) in [6.45, 7) is 1.77. The number of carbonyl (C=O) groups excluding carboxylic acids is 1. The third kappa shape index (κ3) is 7.56. The second-order valence-electron chi connectivity index (χ2n) is 8.97. The first-order chi connectivity index (χ1) is 16.1. The van der Waals surface area contributed by atoms with Crippen molar-refractivity contribution in [3.05, 3.63) is 12.2 Å². The molecule has 11 heteroatoms. The number of carboxylic acid groups (broad SMARTS) is 2. The lowest BCUT2D eigenvalue weighted by molar-refractivity contribution is -0.300. The van der Waals surface area contributed by atoms with Gasteiger partial charge in [-0.1, -0.05) is 38.3 Å². The molecule has 1 aliphatic carbocycles. The maximum Gasteiger partial charge on any atom is 0.335 e. The van der Waals surface area contributed by atoms with Gasteiger partial charge in [-0.25, -0.2) is 4.79 Å². The van der Waals surface area contributed by atoms with Crippen LogP contribution < -0.4 is 0 Å². The third-order valence-corrected chi connectivity index (χ3v) is 6.46. The molecule has 0 bridgehead atoms. The predicted octanol–water partition coefficient (Wildman–Crippen LogP) is 0.221. The molecular weight excluding hydrogens is 452 g/mol. The van der Waals surface area contributed by atoms with Gasteiger partial charge in [0.1, 0.15) is 24.1 Å². The molecule has 5 unspecified atom stereocenters. The van der Waals surface area contributed by atoms with Crippen LogP contribution in [0.25, 0.3) is 0 Å². The molecule has 2 aliphatic rings. The predicted molar refractivity (Wildman–Crippen MR) is 117 cm³/mol. The average molecular weight is 489 g/mol. The van der Waals surface area contributed by atoms with Crippen molar-refractivity contribution in [1.82, 2.24) is 0 Å². The Morgan fingerprint density at radius 3 is 2.35 bits per heavy atom. The summed E-state index contributed by atoms with van der Waals surface area (Å²) >= 11 is 0. The maximum absolute atomic E-state index is 12.4. The quantitative estimate of drug-likeness (QED) is 0.153. The number of carboxylic acids is 2. The molecule has 34 heavy (non-hydrogen) atoms. The van der Waals surface area contributed by atoms with Gasteiger partial charge in [0.25, 0.3) is 0 Å². The lowest BCUT2D eigenvalue weighted by Crippen LogP contribution is -2.60. The molecule has 1 saturated carbocycles. The number of ketones is 1. The number of carbonyl (C=O) groups is 3. The van der Waals surface area contributed by atoms with E-state index in [1.807, 2.05) is 0 Å². The average Bonchev–Trinajstić information content (AvgIpc) is 3.05. The largest absolute Gasteiger partial charge is 0.481 e. The van der Waals surface area contributed by atoms with E-state index in [0.29, 0.717) is 19.3 Å². The molecule has 1 aliphatic heterocycles. The van der Waals surface area contributed by atoms with E-state index < -0.39 is 60.8 Å². The molecule has 9 atom stereocenters. The Balaban J connectivity index is 1.96. The SMILES string of the molecule is CCC(/C=C/C1C(O)CC(=O)C1CCCCCCC(=O)O)OC1O[C@H](C(=O)O)[C@@H](O)[C@H](O)[C@H]1O. The molecule has 0 radical (unpaired) electrons. The summed E-state index contributed by atoms with van der Waals surface area (Å²) < 4.78 is 10.8. The van der Waals surface area contributed by atoms with Crippen LogP contribution in [0, 0.1) is 11.8 Å². The molecule has 0 spiro atoms. The van der Waals surface area contributed by atoms with Crippen LogP contribution in [0.2, 0.25) is 0 Å². The molecule has 1 heterocycles. The fourth-order valence-electron chi connectivity index (χ4n) is 4.45. The van der Waals surface area contributed by atoms with Crippen molar-refractivity contribution in [2.24, 2.45) is 11.8 Å². The summed E-state index contributed by atoms with van der Waals surface area (Å²) in [5.41, 5.74) is 0. The molecule has 6 N–H and O–H groups in total. The molecular formula is C23H36O11. The van der Waals surface area contributed by atoms with Crippen molar-refractivity contribution in [2.75, 3.05) is 0 Å². The van der Waals surface area contributed by atoms with Gasteiger partial charge < -0.3 is 40.1 Å². The van der Waals surface area contributed by atoms with E-state index in [1.165, 1.54) is 0 Å². The van der Waals surface area contributed by atoms with Crippen LogP contribution in [0.1, 0.15) is 58.3 Å². The highest BCUT2D eigenvalue weighted by atomic mass is 16.7. The van der Waals surface area contributed by atoms with E-state index in [9.17, 15) is 34.8 Å². The van der Waals surface area contributed by atoms with Gasteiger partial charge in [-0.15, -0.1) is 0 Å². The second-order valence-corrected chi connectivity index (χ2v) is 8.97. The zero-order valence-corrected chi connectivity index (χ0v) is 19.2. The number of aliphatic hydroxyl groups excluding tert-OH is 4. The summed E-state index contributed by atoms with van der Waals surface area (Å²) in [6.07, 6.45) is -2.72. The molecule has 0 aromatic carbocycles. The van der Waals surface area contributed by atoms with Crippen molar-refractivity contribution in [3.8, 4) is 0 Å². The van der Waals surface area contributed by atoms with Gasteiger partial charge in [-0.2, -0.15) is 0 Å². The van der Waals surface area contributed by atoms with Crippen molar-refractivity contribution in [3.63, 3.8) is 0 Å². The Labute approximate surface area is 198 Å². The van der Waals surface area contributed by atoms with E-state index >= 15 is 0 Å². The molecule has 11 nitrogen and oxygen atoms in total. The van der Waals surface area contributed by atoms with Gasteiger partial charge >= 0.3 is 11.9 Å². The van der Waals surface area contributed by atoms with Crippen molar-refractivity contribution in [1.29, 1.82) is 0 Å². The third-order valence-electron chi connectivity index (χ3n) is 6.46. The number of hydrogen-bond donors (Lipinski definition) is 6. The van der Waals surface area contributed by atoms with Crippen molar-refractivity contribution in [2.45, 2.75) is 101 Å². The van der Waals surface area contributed by atoms with E-state index in [2.05, 4.69) is 0 Å². The van der Waals surface area contributed by atoms with Gasteiger partial charge in [0.2, 0.25) is 0 Å². The van der Waals surface area contributed by atoms with E-state index in [1.54, 1.807) is 19.1 Å². The summed E-state index contributed by atoms with van der Waals surface area (Å²) in [6, 6.07) is 0. The first-order valence-corrected chi connectivity index (χ1v) is 11.8. The number of Topliss-reactive ketones (excluding diaryl/α,β-unsaturated/α-hetero) is 1. The minimum Gasteiger partial charge on any atom is -0.481 e. The molecule has 0 amide bonds. The Bertz CT molecular complexity index is 724. The second kappa shape index (κ2) is 13.3. The minimum atomic E-state index is -1.81. The highest BCUT2D eigenvalue weighted by molar-refractivity contribution is 5.84. The molecule has 1 saturated heterocycles. The first kappa shape index (κ1) is 28.3. The van der Waals surface area contributed by atoms with Crippen LogP contribution in [-0.2, 0) is 23.9 Å². The molecule has 194 valence electrons. The molecule has 2 fully saturated rings. The van der Waals surface area contributed by atoms with E-state index in [0.717, 1.165) is 19.3 Å². The number of unbranched alkanes of at least 4 members (excludes halogenated alkanes) is 3. The Kier molecular flexibility index (Phi) is 11.1. The van der Waals surface area contributed by atoms with Crippen LogP contribution in [0.15, 0.2) is 12.2 Å². The first-order valence-electron chi connectivity index (χ1n) is 11.8. The van der Waals surface area contributed by atoms with Gasteiger partial charge in [-0.05, 0) is 19.3 Å². The highest BCUT2D eigenvalue weighted by Crippen LogP contribution is 2.35. The number of rotatable bonds is 13. The lowest BCUT2D eigenvalue weighted by Gasteiger charge is -2.39. The number of ether oxygens (including phenoxy) is 2. The number of hydrogen-bond acceptors (Lipinski definition) is 9. The summed E-state index contributed by atoms with van der Waals surface area (Å²) in [4.78, 5) is 34.2. The van der Waals surface area contributed by atoms with Gasteiger partial charge in [0.05, 0.1) is 12.2 Å². The smallest absolute Gasteiger partial charge is 0.335 e. The fourth-order valence-corrected chi connectivity index (χ4v) is 4.45. The Morgan fingerprint density at radius 1 is 1.06 bits per heavy atom. The summed E-state index contributed by atoms with van der Waals surface area (Å²) in [5.74, 6) is -3.17. The topological polar surface area (TPSA) is 191 Å². The highest BCUT2D eigenvalue weighted by Gasteiger charge is 2.48. The molecule has 2 rings (SSSR count). The van der Waals surface area contributed by atoms with Gasteiger partial charge in [0.15, 0.2) is 12.4 Å². The van der Waals surface area contributed by atoms with Crippen molar-refractivity contribution < 1.29 is 54.5 Å². The molecule has 0 aromatic heterocycles. The van der Waals surface area contributed by atoms with E-state index in [4.69, 9.17) is 19.7 Å². The number of aliphatic carboxylic acids is 2. The van der Waals surface area contributed by atoms with Crippen LogP contribution in [0.5, 0.6) is 0 Å². The Morgan fingerprint density at radius 2 is 1.74 bits per heavy atom. The normalized spacial score (nSPS) is 35.0.